The van der Waals surface area contributed by atoms with E-state index in [0.29, 0.717) is 12.2 Å². The van der Waals surface area contributed by atoms with Gasteiger partial charge in [-0.1, -0.05) is 36.9 Å². The Bertz CT molecular complexity index is 396. The number of hydrogen-bond acceptors (Lipinski definition) is 4. The van der Waals surface area contributed by atoms with Crippen LogP contribution < -0.4 is 0 Å². The summed E-state index contributed by atoms with van der Waals surface area (Å²) in [5.41, 5.74) is 3.86. The van der Waals surface area contributed by atoms with Crippen molar-refractivity contribution in [2.45, 2.75) is 18.8 Å². The summed E-state index contributed by atoms with van der Waals surface area (Å²) in [4.78, 5) is 0. The molecule has 1 aromatic carbocycles. The number of rotatable bonds is 7. The zero-order valence-electron chi connectivity index (χ0n) is 10.1. The molecule has 0 heterocycles. The lowest BCUT2D eigenvalue weighted by Gasteiger charge is -2.17. The summed E-state index contributed by atoms with van der Waals surface area (Å²) in [6.45, 7) is 3.41. The Morgan fingerprint density at radius 3 is 2.50 bits per heavy atom. The van der Waals surface area contributed by atoms with Crippen molar-refractivity contribution in [1.29, 1.82) is 0 Å². The Morgan fingerprint density at radius 2 is 1.94 bits per heavy atom. The summed E-state index contributed by atoms with van der Waals surface area (Å²) in [6.07, 6.45) is -2.45. The monoisotopic (exact) mass is 250 g/mol. The van der Waals surface area contributed by atoms with Gasteiger partial charge in [0.05, 0.1) is 19.8 Å². The van der Waals surface area contributed by atoms with Crippen LogP contribution in [0.4, 0.5) is 0 Å². The molecule has 0 radical (unpaired) electrons. The first-order valence-corrected chi connectivity index (χ1v) is 5.66. The maximum Gasteiger partial charge on any atom is 0.113 e. The highest BCUT2D eigenvalue weighted by atomic mass is 16.5. The minimum atomic E-state index is -1.24. The Kier molecular flexibility index (Phi) is 6.36. The molecule has 0 bridgehead atoms. The van der Waals surface area contributed by atoms with E-state index < -0.39 is 18.8 Å². The van der Waals surface area contributed by atoms with E-state index >= 15 is 0 Å². The molecular formula is C14H18O4. The quantitative estimate of drug-likeness (QED) is 0.621. The zero-order valence-corrected chi connectivity index (χ0v) is 10.1. The van der Waals surface area contributed by atoms with Gasteiger partial charge in [-0.3, -0.25) is 0 Å². The van der Waals surface area contributed by atoms with Crippen molar-refractivity contribution in [2.24, 2.45) is 0 Å². The predicted molar refractivity (Wildman–Crippen MR) is 67.9 cm³/mol. The van der Waals surface area contributed by atoms with Gasteiger partial charge in [0, 0.05) is 5.57 Å². The highest BCUT2D eigenvalue weighted by Crippen LogP contribution is 2.08. The van der Waals surface area contributed by atoms with Gasteiger partial charge in [0.1, 0.15) is 12.2 Å². The van der Waals surface area contributed by atoms with Crippen LogP contribution in [0.25, 0.3) is 0 Å². The van der Waals surface area contributed by atoms with Gasteiger partial charge in [0.25, 0.3) is 0 Å². The summed E-state index contributed by atoms with van der Waals surface area (Å²) < 4.78 is 5.40. The number of hydrogen-bond donors (Lipinski definition) is 3. The van der Waals surface area contributed by atoms with E-state index in [1.54, 1.807) is 0 Å². The fourth-order valence-corrected chi connectivity index (χ4v) is 1.43. The van der Waals surface area contributed by atoms with Crippen molar-refractivity contribution in [2.75, 3.05) is 13.2 Å². The fourth-order valence-electron chi connectivity index (χ4n) is 1.43. The molecular weight excluding hydrogens is 232 g/mol. The van der Waals surface area contributed by atoms with Crippen LogP contribution in [-0.2, 0) is 11.3 Å². The first-order valence-electron chi connectivity index (χ1n) is 5.66. The van der Waals surface area contributed by atoms with Crippen LogP contribution in [0.2, 0.25) is 0 Å². The van der Waals surface area contributed by atoms with Crippen molar-refractivity contribution in [1.82, 2.24) is 0 Å². The lowest BCUT2D eigenvalue weighted by molar-refractivity contribution is -0.00411. The number of aliphatic hydroxyl groups excluding tert-OH is 3. The third kappa shape index (κ3) is 4.45. The molecule has 0 spiro atoms. The molecule has 4 heteroatoms. The Labute approximate surface area is 106 Å². The molecule has 4 nitrogen and oxygen atoms in total. The number of ether oxygens (including phenoxy) is 1. The maximum absolute atomic E-state index is 9.65. The van der Waals surface area contributed by atoms with Gasteiger partial charge in [-0.15, -0.1) is 5.73 Å². The average molecular weight is 250 g/mol. The summed E-state index contributed by atoms with van der Waals surface area (Å²) in [5.74, 6) is 0. The average Bonchev–Trinajstić information content (AvgIpc) is 2.43. The van der Waals surface area contributed by atoms with E-state index in [0.717, 1.165) is 5.56 Å². The van der Waals surface area contributed by atoms with Crippen molar-refractivity contribution >= 4 is 0 Å². The SMILES string of the molecule is C=C=C(COCc1ccccc1)[C@H](O)[C@H](O)CO. The van der Waals surface area contributed by atoms with Crippen LogP contribution >= 0.6 is 0 Å². The summed E-state index contributed by atoms with van der Waals surface area (Å²) >= 11 is 0. The maximum atomic E-state index is 9.65. The second-order valence-electron chi connectivity index (χ2n) is 3.88. The molecule has 0 saturated heterocycles. The van der Waals surface area contributed by atoms with E-state index in [-0.39, 0.29) is 6.61 Å². The standard InChI is InChI=1S/C14H18O4/c1-2-12(14(17)13(16)8-15)10-18-9-11-6-4-3-5-7-11/h3-7,13-17H,1,8-10H2/t13-,14+/m1/s1. The zero-order chi connectivity index (χ0) is 13.4. The Balaban J connectivity index is 2.44. The predicted octanol–water partition coefficient (Wildman–Crippen LogP) is 0.629. The lowest BCUT2D eigenvalue weighted by Crippen LogP contribution is -2.32. The highest BCUT2D eigenvalue weighted by Gasteiger charge is 2.19. The number of aliphatic hydroxyl groups is 3. The van der Waals surface area contributed by atoms with Gasteiger partial charge in [0.15, 0.2) is 0 Å². The minimum absolute atomic E-state index is 0.108. The second kappa shape index (κ2) is 7.82. The molecule has 0 unspecified atom stereocenters. The van der Waals surface area contributed by atoms with Crippen LogP contribution in [0.1, 0.15) is 5.56 Å². The lowest BCUT2D eigenvalue weighted by atomic mass is 10.1. The summed E-state index contributed by atoms with van der Waals surface area (Å²) in [5, 5.41) is 27.7. The molecule has 0 amide bonds. The van der Waals surface area contributed by atoms with Crippen molar-refractivity contribution < 1.29 is 20.1 Å². The molecule has 3 N–H and O–H groups in total. The summed E-state index contributed by atoms with van der Waals surface area (Å²) in [6, 6.07) is 9.59. The van der Waals surface area contributed by atoms with Gasteiger partial charge in [0.2, 0.25) is 0 Å². The molecule has 0 aliphatic rings. The molecule has 0 fully saturated rings. The first kappa shape index (κ1) is 14.6. The van der Waals surface area contributed by atoms with Gasteiger partial charge in [-0.25, -0.2) is 0 Å². The van der Waals surface area contributed by atoms with Gasteiger partial charge >= 0.3 is 0 Å². The smallest absolute Gasteiger partial charge is 0.113 e. The molecule has 1 rings (SSSR count). The van der Waals surface area contributed by atoms with E-state index in [1.165, 1.54) is 0 Å². The van der Waals surface area contributed by atoms with Gasteiger partial charge < -0.3 is 20.1 Å². The van der Waals surface area contributed by atoms with E-state index in [4.69, 9.17) is 9.84 Å². The van der Waals surface area contributed by atoms with Crippen LogP contribution in [0.15, 0.2) is 48.2 Å². The first-order chi connectivity index (χ1) is 8.69. The summed E-state index contributed by atoms with van der Waals surface area (Å²) in [7, 11) is 0. The largest absolute Gasteiger partial charge is 0.394 e. The molecule has 0 aliphatic heterocycles. The van der Waals surface area contributed by atoms with Gasteiger partial charge in [-0.05, 0) is 5.56 Å². The topological polar surface area (TPSA) is 69.9 Å². The van der Waals surface area contributed by atoms with Crippen molar-refractivity contribution in [3.8, 4) is 0 Å². The Hall–Kier alpha value is -1.42. The fraction of sp³-hybridized carbons (Fsp3) is 0.357. The normalized spacial score (nSPS) is 13.7. The van der Waals surface area contributed by atoms with E-state index in [9.17, 15) is 10.2 Å². The van der Waals surface area contributed by atoms with Crippen LogP contribution in [0.3, 0.4) is 0 Å². The Morgan fingerprint density at radius 1 is 1.28 bits per heavy atom. The molecule has 0 aliphatic carbocycles. The molecule has 0 aromatic heterocycles. The molecule has 98 valence electrons. The van der Waals surface area contributed by atoms with Crippen LogP contribution in [-0.4, -0.2) is 40.7 Å². The minimum Gasteiger partial charge on any atom is -0.394 e. The van der Waals surface area contributed by atoms with Gasteiger partial charge in [-0.2, -0.15) is 0 Å². The van der Waals surface area contributed by atoms with Crippen molar-refractivity contribution in [3.05, 3.63) is 53.8 Å². The van der Waals surface area contributed by atoms with Crippen molar-refractivity contribution in [3.63, 3.8) is 0 Å². The molecule has 2 atom stereocenters. The molecule has 1 aromatic rings. The molecule has 18 heavy (non-hydrogen) atoms. The number of benzene rings is 1. The third-order valence-corrected chi connectivity index (χ3v) is 2.50. The van der Waals surface area contributed by atoms with Crippen LogP contribution in [0, 0.1) is 0 Å². The molecule has 0 saturated carbocycles. The highest BCUT2D eigenvalue weighted by molar-refractivity contribution is 5.14. The van der Waals surface area contributed by atoms with E-state index in [1.807, 2.05) is 30.3 Å². The van der Waals surface area contributed by atoms with Crippen LogP contribution in [0.5, 0.6) is 0 Å². The third-order valence-electron chi connectivity index (χ3n) is 2.50. The van der Waals surface area contributed by atoms with E-state index in [2.05, 4.69) is 12.3 Å². The second-order valence-corrected chi connectivity index (χ2v) is 3.88.